The van der Waals surface area contributed by atoms with Gasteiger partial charge in [0.25, 0.3) is 0 Å². The van der Waals surface area contributed by atoms with Crippen LogP contribution in [0.1, 0.15) is 71.1 Å². The van der Waals surface area contributed by atoms with Crippen molar-refractivity contribution in [2.75, 3.05) is 0 Å². The number of nitrogens with zero attached hydrogens (tertiary/aromatic N) is 1. The lowest BCUT2D eigenvalue weighted by Gasteiger charge is -1.97. The van der Waals surface area contributed by atoms with Crippen LogP contribution in [0.5, 0.6) is 0 Å². The summed E-state index contributed by atoms with van der Waals surface area (Å²) in [6.07, 6.45) is 19.6. The summed E-state index contributed by atoms with van der Waals surface area (Å²) in [6, 6.07) is 0. The van der Waals surface area contributed by atoms with Gasteiger partial charge >= 0.3 is 0 Å². The Hall–Kier alpha value is -1.71. The van der Waals surface area contributed by atoms with Crippen LogP contribution in [0, 0.1) is 10.1 Å². The first-order valence-electron chi connectivity index (χ1n) is 8.29. The smallest absolute Gasteiger partial charge is 0.242 e. The van der Waals surface area contributed by atoms with E-state index in [1.54, 1.807) is 6.08 Å². The normalized spacial score (nSPS) is 12.3. The monoisotopic (exact) mass is 307 g/mol. The van der Waals surface area contributed by atoms with Crippen LogP contribution in [0.3, 0.4) is 0 Å². The molecule has 0 rings (SSSR count). The van der Waals surface area contributed by atoms with Gasteiger partial charge in [-0.15, -0.1) is 0 Å². The number of aldehydes is 1. The number of unbranched alkanes of at least 4 members (excludes halogenated alkanes) is 5. The minimum atomic E-state index is -0.317. The van der Waals surface area contributed by atoms with Crippen LogP contribution >= 0.6 is 0 Å². The number of carbonyl (C=O) groups is 1. The van der Waals surface area contributed by atoms with Crippen molar-refractivity contribution in [2.45, 2.75) is 71.1 Å². The lowest BCUT2D eigenvalue weighted by atomic mass is 10.1. The zero-order valence-corrected chi connectivity index (χ0v) is 13.7. The van der Waals surface area contributed by atoms with Gasteiger partial charge in [0.15, 0.2) is 0 Å². The van der Waals surface area contributed by atoms with Crippen molar-refractivity contribution in [1.82, 2.24) is 0 Å². The predicted octanol–water partition coefficient (Wildman–Crippen LogP) is 5.38. The molecule has 0 aromatic heterocycles. The third-order valence-corrected chi connectivity index (χ3v) is 3.31. The van der Waals surface area contributed by atoms with Crippen molar-refractivity contribution in [1.29, 1.82) is 0 Å². The van der Waals surface area contributed by atoms with E-state index in [0.29, 0.717) is 32.1 Å². The molecule has 0 unspecified atom stereocenters. The van der Waals surface area contributed by atoms with E-state index in [0.717, 1.165) is 19.1 Å². The van der Waals surface area contributed by atoms with E-state index in [9.17, 15) is 14.9 Å². The Balaban J connectivity index is 3.90. The SMILES string of the molecule is CCCCC/C=C/C/C=C/C/C=C(/CCCCC=O)[N+](=O)[O-]. The van der Waals surface area contributed by atoms with Crippen molar-refractivity contribution in [3.8, 4) is 0 Å². The number of carbonyl (C=O) groups excluding carboxylic acids is 1. The van der Waals surface area contributed by atoms with Crippen LogP contribution in [0.4, 0.5) is 0 Å². The molecule has 0 aliphatic carbocycles. The fraction of sp³-hybridized carbons (Fsp3) is 0.611. The highest BCUT2D eigenvalue weighted by atomic mass is 16.6. The second kappa shape index (κ2) is 15.7. The highest BCUT2D eigenvalue weighted by Gasteiger charge is 2.08. The van der Waals surface area contributed by atoms with Gasteiger partial charge < -0.3 is 4.79 Å². The van der Waals surface area contributed by atoms with Crippen LogP contribution in [-0.4, -0.2) is 11.2 Å². The van der Waals surface area contributed by atoms with Gasteiger partial charge in [-0.2, -0.15) is 0 Å². The van der Waals surface area contributed by atoms with Crippen LogP contribution in [-0.2, 0) is 4.79 Å². The number of allylic oxidation sites excluding steroid dienone is 6. The van der Waals surface area contributed by atoms with Crippen LogP contribution in [0.2, 0.25) is 0 Å². The molecule has 0 bridgehead atoms. The molecule has 0 amide bonds. The zero-order valence-electron chi connectivity index (χ0n) is 13.7. The van der Waals surface area contributed by atoms with E-state index >= 15 is 0 Å². The summed E-state index contributed by atoms with van der Waals surface area (Å²) in [5.74, 6) is 0. The average Bonchev–Trinajstić information content (AvgIpc) is 2.50. The Morgan fingerprint density at radius 2 is 1.64 bits per heavy atom. The van der Waals surface area contributed by atoms with Crippen molar-refractivity contribution < 1.29 is 9.72 Å². The minimum absolute atomic E-state index is 0.255. The Morgan fingerprint density at radius 3 is 2.32 bits per heavy atom. The first-order valence-corrected chi connectivity index (χ1v) is 8.29. The molecule has 0 saturated heterocycles. The van der Waals surface area contributed by atoms with E-state index in [4.69, 9.17) is 0 Å². The summed E-state index contributed by atoms with van der Waals surface area (Å²) in [5.41, 5.74) is 0.255. The van der Waals surface area contributed by atoms with Crippen LogP contribution in [0.15, 0.2) is 36.1 Å². The first-order chi connectivity index (χ1) is 10.7. The molecule has 0 aliphatic heterocycles. The molecule has 0 aliphatic rings. The van der Waals surface area contributed by atoms with Gasteiger partial charge in [-0.1, -0.05) is 44.1 Å². The van der Waals surface area contributed by atoms with Gasteiger partial charge in [0.1, 0.15) is 6.29 Å². The Kier molecular flexibility index (Phi) is 14.5. The van der Waals surface area contributed by atoms with Gasteiger partial charge in [-0.3, -0.25) is 10.1 Å². The average molecular weight is 307 g/mol. The zero-order chi connectivity index (χ0) is 16.5. The van der Waals surface area contributed by atoms with Gasteiger partial charge in [0, 0.05) is 12.8 Å². The first kappa shape index (κ1) is 20.3. The molecule has 0 saturated carbocycles. The summed E-state index contributed by atoms with van der Waals surface area (Å²) < 4.78 is 0. The van der Waals surface area contributed by atoms with E-state index in [1.165, 1.54) is 19.3 Å². The van der Waals surface area contributed by atoms with E-state index in [-0.39, 0.29) is 10.6 Å². The van der Waals surface area contributed by atoms with Crippen molar-refractivity contribution in [3.05, 3.63) is 46.2 Å². The largest absolute Gasteiger partial charge is 0.303 e. The van der Waals surface area contributed by atoms with Crippen LogP contribution < -0.4 is 0 Å². The molecule has 0 aromatic rings. The standard InChI is InChI=1S/C18H29NO3/c1-2-3-4-5-6-7-8-9-10-12-15-18(19(21)22)16-13-11-14-17-20/h6-7,9-10,15,17H,2-5,8,11-14,16H2,1H3/b7-6+,10-9+,18-15-. The third-order valence-electron chi connectivity index (χ3n) is 3.31. The fourth-order valence-electron chi connectivity index (χ4n) is 2.00. The summed E-state index contributed by atoms with van der Waals surface area (Å²) >= 11 is 0. The highest BCUT2D eigenvalue weighted by Crippen LogP contribution is 2.10. The molecule has 4 heteroatoms. The molecule has 0 fully saturated rings. The van der Waals surface area contributed by atoms with Crippen molar-refractivity contribution in [3.63, 3.8) is 0 Å². The molecular weight excluding hydrogens is 278 g/mol. The van der Waals surface area contributed by atoms with Crippen LogP contribution in [0.25, 0.3) is 0 Å². The molecule has 0 N–H and O–H groups in total. The maximum absolute atomic E-state index is 10.9. The lowest BCUT2D eigenvalue weighted by Crippen LogP contribution is -1.98. The lowest BCUT2D eigenvalue weighted by molar-refractivity contribution is -0.428. The van der Waals surface area contributed by atoms with E-state index in [1.807, 2.05) is 12.2 Å². The van der Waals surface area contributed by atoms with Gasteiger partial charge in [-0.25, -0.2) is 0 Å². The maximum Gasteiger partial charge on any atom is 0.242 e. The molecule has 0 radical (unpaired) electrons. The summed E-state index contributed by atoms with van der Waals surface area (Å²) in [5, 5.41) is 10.9. The maximum atomic E-state index is 10.9. The quantitative estimate of drug-likeness (QED) is 0.142. The highest BCUT2D eigenvalue weighted by molar-refractivity contribution is 5.48. The summed E-state index contributed by atoms with van der Waals surface area (Å²) in [7, 11) is 0. The van der Waals surface area contributed by atoms with Crippen molar-refractivity contribution >= 4 is 6.29 Å². The van der Waals surface area contributed by atoms with Gasteiger partial charge in [-0.05, 0) is 44.6 Å². The molecule has 124 valence electrons. The molecule has 0 spiro atoms. The van der Waals surface area contributed by atoms with Crippen molar-refractivity contribution in [2.24, 2.45) is 0 Å². The Bertz CT molecular complexity index is 384. The number of nitro groups is 1. The molecule has 0 atom stereocenters. The molecule has 0 heterocycles. The predicted molar refractivity (Wildman–Crippen MR) is 91.3 cm³/mol. The van der Waals surface area contributed by atoms with Gasteiger partial charge in [0.2, 0.25) is 5.70 Å². The third kappa shape index (κ3) is 13.3. The molecule has 22 heavy (non-hydrogen) atoms. The summed E-state index contributed by atoms with van der Waals surface area (Å²) in [6.45, 7) is 2.20. The number of hydrogen-bond acceptors (Lipinski definition) is 3. The minimum Gasteiger partial charge on any atom is -0.303 e. The second-order valence-electron chi connectivity index (χ2n) is 5.28. The topological polar surface area (TPSA) is 60.2 Å². The molecule has 4 nitrogen and oxygen atoms in total. The van der Waals surface area contributed by atoms with Gasteiger partial charge in [0.05, 0.1) is 4.92 Å². The Morgan fingerprint density at radius 1 is 0.955 bits per heavy atom. The second-order valence-corrected chi connectivity index (χ2v) is 5.28. The number of hydrogen-bond donors (Lipinski definition) is 0. The van der Waals surface area contributed by atoms with E-state index < -0.39 is 0 Å². The Labute approximate surface area is 134 Å². The molecular formula is C18H29NO3. The van der Waals surface area contributed by atoms with E-state index in [2.05, 4.69) is 19.1 Å². The molecule has 0 aromatic carbocycles. The number of rotatable bonds is 14. The fourth-order valence-corrected chi connectivity index (χ4v) is 2.00. The summed E-state index contributed by atoms with van der Waals surface area (Å²) in [4.78, 5) is 20.8.